The summed E-state index contributed by atoms with van der Waals surface area (Å²) in [5, 5.41) is 4.64. The summed E-state index contributed by atoms with van der Waals surface area (Å²) in [6.45, 7) is 0. The van der Waals surface area contributed by atoms with Crippen molar-refractivity contribution in [3.8, 4) is 11.3 Å². The third-order valence-electron chi connectivity index (χ3n) is 2.97. The first kappa shape index (κ1) is 10.5. The molecule has 0 fully saturated rings. The number of aryl methyl sites for hydroxylation is 1. The monoisotopic (exact) mass is 247 g/mol. The molecule has 0 unspecified atom stereocenters. The summed E-state index contributed by atoms with van der Waals surface area (Å²) in [6.07, 6.45) is 2.26. The van der Waals surface area contributed by atoms with E-state index in [0.29, 0.717) is 22.8 Å². The molecule has 0 saturated heterocycles. The number of nitrogens with zero attached hydrogens (tertiary/aromatic N) is 1. The summed E-state index contributed by atoms with van der Waals surface area (Å²) >= 11 is 5.83. The molecule has 1 aliphatic carbocycles. The maximum absolute atomic E-state index is 11.9. The van der Waals surface area contributed by atoms with E-state index < -0.39 is 0 Å². The van der Waals surface area contributed by atoms with E-state index in [9.17, 15) is 4.79 Å². The number of ketones is 1. The van der Waals surface area contributed by atoms with Crippen LogP contribution >= 0.6 is 11.6 Å². The van der Waals surface area contributed by atoms with E-state index in [1.807, 2.05) is 12.1 Å². The standard InChI is InChI=1S/C13H10ClNO2/c14-9-6-4-8(5-7-9)13-12-10(15-17-13)2-1-3-11(12)16/h4-7H,1-3H2. The highest BCUT2D eigenvalue weighted by atomic mass is 35.5. The van der Waals surface area contributed by atoms with E-state index in [0.717, 1.165) is 24.1 Å². The number of fused-ring (bicyclic) bond motifs is 1. The first-order valence-corrected chi connectivity index (χ1v) is 5.91. The molecular weight excluding hydrogens is 238 g/mol. The Morgan fingerprint density at radius 3 is 2.71 bits per heavy atom. The molecule has 0 saturated carbocycles. The molecule has 4 heteroatoms. The van der Waals surface area contributed by atoms with Crippen molar-refractivity contribution in [3.05, 3.63) is 40.5 Å². The summed E-state index contributed by atoms with van der Waals surface area (Å²) in [5.74, 6) is 0.693. The first-order chi connectivity index (χ1) is 8.25. The van der Waals surface area contributed by atoms with Gasteiger partial charge in [-0.25, -0.2) is 0 Å². The molecule has 2 aromatic rings. The second kappa shape index (κ2) is 4.00. The molecule has 3 nitrogen and oxygen atoms in total. The van der Waals surface area contributed by atoms with Crippen molar-refractivity contribution in [3.63, 3.8) is 0 Å². The van der Waals surface area contributed by atoms with Crippen molar-refractivity contribution in [2.45, 2.75) is 19.3 Å². The highest BCUT2D eigenvalue weighted by Crippen LogP contribution is 2.31. The van der Waals surface area contributed by atoms with Crippen molar-refractivity contribution >= 4 is 17.4 Å². The minimum absolute atomic E-state index is 0.123. The van der Waals surface area contributed by atoms with Crippen molar-refractivity contribution in [2.24, 2.45) is 0 Å². The average molecular weight is 248 g/mol. The van der Waals surface area contributed by atoms with Gasteiger partial charge in [0.25, 0.3) is 0 Å². The van der Waals surface area contributed by atoms with Crippen LogP contribution < -0.4 is 0 Å². The lowest BCUT2D eigenvalue weighted by molar-refractivity contribution is 0.0973. The molecule has 0 aliphatic heterocycles. The molecule has 1 aliphatic rings. The average Bonchev–Trinajstić information content (AvgIpc) is 2.75. The predicted molar refractivity (Wildman–Crippen MR) is 64.2 cm³/mol. The van der Waals surface area contributed by atoms with Gasteiger partial charge in [-0.3, -0.25) is 4.79 Å². The van der Waals surface area contributed by atoms with Crippen LogP contribution in [0.25, 0.3) is 11.3 Å². The second-order valence-electron chi connectivity index (χ2n) is 4.12. The van der Waals surface area contributed by atoms with Crippen LogP contribution in [-0.2, 0) is 6.42 Å². The molecule has 0 radical (unpaired) electrons. The van der Waals surface area contributed by atoms with Gasteiger partial charge in [0.05, 0.1) is 11.3 Å². The normalized spacial score (nSPS) is 14.8. The maximum Gasteiger partial charge on any atom is 0.177 e. The fourth-order valence-electron chi connectivity index (χ4n) is 2.12. The minimum Gasteiger partial charge on any atom is -0.355 e. The second-order valence-corrected chi connectivity index (χ2v) is 4.55. The zero-order chi connectivity index (χ0) is 11.8. The highest BCUT2D eigenvalue weighted by molar-refractivity contribution is 6.30. The van der Waals surface area contributed by atoms with Crippen LogP contribution in [0.1, 0.15) is 28.9 Å². The van der Waals surface area contributed by atoms with Gasteiger partial charge in [-0.2, -0.15) is 0 Å². The van der Waals surface area contributed by atoms with Crippen LogP contribution in [0.15, 0.2) is 28.8 Å². The Balaban J connectivity index is 2.12. The number of carbonyl (C=O) groups excluding carboxylic acids is 1. The first-order valence-electron chi connectivity index (χ1n) is 5.53. The molecule has 1 aromatic heterocycles. The van der Waals surface area contributed by atoms with Crippen LogP contribution in [0.5, 0.6) is 0 Å². The van der Waals surface area contributed by atoms with E-state index in [2.05, 4.69) is 5.16 Å². The lowest BCUT2D eigenvalue weighted by Crippen LogP contribution is -2.09. The Hall–Kier alpha value is -1.61. The smallest absolute Gasteiger partial charge is 0.177 e. The molecular formula is C13H10ClNO2. The number of hydrogen-bond acceptors (Lipinski definition) is 3. The quantitative estimate of drug-likeness (QED) is 0.774. The van der Waals surface area contributed by atoms with Crippen LogP contribution in [0, 0.1) is 0 Å². The van der Waals surface area contributed by atoms with Crippen molar-refractivity contribution in [2.75, 3.05) is 0 Å². The van der Waals surface area contributed by atoms with Gasteiger partial charge in [0.2, 0.25) is 0 Å². The Morgan fingerprint density at radius 2 is 1.94 bits per heavy atom. The highest BCUT2D eigenvalue weighted by Gasteiger charge is 2.26. The third kappa shape index (κ3) is 1.76. The fourth-order valence-corrected chi connectivity index (χ4v) is 2.25. The summed E-state index contributed by atoms with van der Waals surface area (Å²) in [6, 6.07) is 7.23. The van der Waals surface area contributed by atoms with E-state index in [1.165, 1.54) is 0 Å². The predicted octanol–water partition coefficient (Wildman–Crippen LogP) is 3.51. The molecule has 0 bridgehead atoms. The zero-order valence-electron chi connectivity index (χ0n) is 9.07. The Bertz CT molecular complexity index is 572. The zero-order valence-corrected chi connectivity index (χ0v) is 9.83. The molecule has 3 rings (SSSR count). The fraction of sp³-hybridized carbons (Fsp3) is 0.231. The topological polar surface area (TPSA) is 43.1 Å². The summed E-state index contributed by atoms with van der Waals surface area (Å²) in [5.41, 5.74) is 2.28. The SMILES string of the molecule is O=C1CCCc2noc(-c3ccc(Cl)cc3)c21. The number of benzene rings is 1. The Labute approximate surface area is 103 Å². The van der Waals surface area contributed by atoms with Gasteiger partial charge < -0.3 is 4.52 Å². The molecule has 17 heavy (non-hydrogen) atoms. The van der Waals surface area contributed by atoms with Gasteiger partial charge in [0, 0.05) is 17.0 Å². The van der Waals surface area contributed by atoms with Crippen molar-refractivity contribution in [1.29, 1.82) is 0 Å². The number of carbonyl (C=O) groups is 1. The lowest BCUT2D eigenvalue weighted by Gasteiger charge is -2.08. The lowest BCUT2D eigenvalue weighted by atomic mass is 9.93. The molecule has 0 atom stereocenters. The molecule has 0 amide bonds. The Morgan fingerprint density at radius 1 is 1.18 bits per heavy atom. The van der Waals surface area contributed by atoms with Gasteiger partial charge in [-0.05, 0) is 37.1 Å². The van der Waals surface area contributed by atoms with E-state index in [-0.39, 0.29) is 5.78 Å². The number of aromatic nitrogens is 1. The van der Waals surface area contributed by atoms with Gasteiger partial charge in [-0.1, -0.05) is 16.8 Å². The van der Waals surface area contributed by atoms with Gasteiger partial charge in [-0.15, -0.1) is 0 Å². The van der Waals surface area contributed by atoms with Crippen LogP contribution in [0.3, 0.4) is 0 Å². The molecule has 0 spiro atoms. The van der Waals surface area contributed by atoms with Gasteiger partial charge in [0.15, 0.2) is 11.5 Å². The Kier molecular flexibility index (Phi) is 2.48. The molecule has 1 aromatic carbocycles. The van der Waals surface area contributed by atoms with Crippen LogP contribution in [0.4, 0.5) is 0 Å². The van der Waals surface area contributed by atoms with Crippen molar-refractivity contribution in [1.82, 2.24) is 5.16 Å². The molecule has 0 N–H and O–H groups in total. The summed E-state index contributed by atoms with van der Waals surface area (Å²) < 4.78 is 5.30. The van der Waals surface area contributed by atoms with E-state index in [4.69, 9.17) is 16.1 Å². The molecule has 86 valence electrons. The van der Waals surface area contributed by atoms with E-state index >= 15 is 0 Å². The van der Waals surface area contributed by atoms with Gasteiger partial charge in [0.1, 0.15) is 0 Å². The maximum atomic E-state index is 11.9. The number of Topliss-reactive ketones (excluding diaryl/α,β-unsaturated/α-hetero) is 1. The number of halogens is 1. The number of hydrogen-bond donors (Lipinski definition) is 0. The van der Waals surface area contributed by atoms with Crippen molar-refractivity contribution < 1.29 is 9.32 Å². The van der Waals surface area contributed by atoms with Crippen LogP contribution in [0.2, 0.25) is 5.02 Å². The minimum atomic E-state index is 0.123. The van der Waals surface area contributed by atoms with Crippen LogP contribution in [-0.4, -0.2) is 10.9 Å². The summed E-state index contributed by atoms with van der Waals surface area (Å²) in [7, 11) is 0. The largest absolute Gasteiger partial charge is 0.355 e. The molecule has 1 heterocycles. The van der Waals surface area contributed by atoms with Gasteiger partial charge >= 0.3 is 0 Å². The number of rotatable bonds is 1. The van der Waals surface area contributed by atoms with E-state index in [1.54, 1.807) is 12.1 Å². The third-order valence-corrected chi connectivity index (χ3v) is 3.22. The summed E-state index contributed by atoms with van der Waals surface area (Å²) in [4.78, 5) is 11.9.